The third-order valence-corrected chi connectivity index (χ3v) is 4.98. The smallest absolute Gasteiger partial charge is 0.198 e. The summed E-state index contributed by atoms with van der Waals surface area (Å²) in [7, 11) is 2.07. The van der Waals surface area contributed by atoms with Crippen LogP contribution >= 0.6 is 0 Å². The van der Waals surface area contributed by atoms with E-state index >= 15 is 0 Å². The van der Waals surface area contributed by atoms with Crippen LogP contribution in [0.15, 0.2) is 60.6 Å². The summed E-state index contributed by atoms with van der Waals surface area (Å²) in [6, 6.07) is 19.9. The predicted octanol–water partition coefficient (Wildman–Crippen LogP) is 5.41. The van der Waals surface area contributed by atoms with E-state index in [1.54, 1.807) is 0 Å². The van der Waals surface area contributed by atoms with Crippen molar-refractivity contribution in [2.24, 2.45) is 7.05 Å². The second-order valence-corrected chi connectivity index (χ2v) is 6.65. The summed E-state index contributed by atoms with van der Waals surface area (Å²) in [6.07, 6.45) is 0. The lowest BCUT2D eigenvalue weighted by molar-refractivity contribution is -0.665. The van der Waals surface area contributed by atoms with Crippen LogP contribution in [0.1, 0.15) is 18.2 Å². The zero-order chi connectivity index (χ0) is 17.7. The van der Waals surface area contributed by atoms with Crippen molar-refractivity contribution in [3.63, 3.8) is 0 Å². The van der Waals surface area contributed by atoms with Gasteiger partial charge in [-0.25, -0.2) is 0 Å². The highest BCUT2D eigenvalue weighted by molar-refractivity contribution is 6.10. The molecule has 1 nitrogen and oxygen atoms in total. The van der Waals surface area contributed by atoms with Crippen molar-refractivity contribution in [3.8, 4) is 11.3 Å². The molecule has 0 radical (unpaired) electrons. The Hall–Kier alpha value is -2.67. The number of nitrogens with zero attached hydrogens (tertiary/aromatic N) is 1. The molecule has 4 aromatic rings. The average molecular weight is 313 g/mol. The molecular weight excluding hydrogens is 290 g/mol. The molecule has 4 rings (SSSR count). The van der Waals surface area contributed by atoms with Gasteiger partial charge in [0, 0.05) is 23.9 Å². The Bertz CT molecular complexity index is 1140. The van der Waals surface area contributed by atoms with Crippen molar-refractivity contribution in [1.82, 2.24) is 0 Å². The maximum Gasteiger partial charge on any atom is 0.220 e. The van der Waals surface area contributed by atoms with Crippen LogP contribution in [0.25, 0.3) is 32.8 Å². The first-order valence-corrected chi connectivity index (χ1v) is 8.37. The van der Waals surface area contributed by atoms with Crippen LogP contribution in [0.5, 0.6) is 0 Å². The van der Waals surface area contributed by atoms with Crippen molar-refractivity contribution in [1.29, 1.82) is 0 Å². The molecule has 0 amide bonds. The van der Waals surface area contributed by atoms with E-state index in [2.05, 4.69) is 80.1 Å². The molecule has 3 aromatic carbocycles. The quantitative estimate of drug-likeness (QED) is 0.327. The fourth-order valence-electron chi connectivity index (χ4n) is 3.53. The van der Waals surface area contributed by atoms with Crippen molar-refractivity contribution in [2.75, 3.05) is 0 Å². The summed E-state index contributed by atoms with van der Waals surface area (Å²) in [5.41, 5.74) is 5.93. The van der Waals surface area contributed by atoms with Crippen LogP contribution in [0.3, 0.4) is 0 Å². The molecule has 0 N–H and O–H groups in total. The van der Waals surface area contributed by atoms with Crippen molar-refractivity contribution in [3.05, 3.63) is 77.5 Å². The zero-order valence-corrected chi connectivity index (χ0v) is 14.6. The largest absolute Gasteiger partial charge is 0.220 e. The Labute approximate surface area is 144 Å². The number of benzene rings is 3. The molecule has 1 heterocycles. The maximum atomic E-state index is 8.75. The summed E-state index contributed by atoms with van der Waals surface area (Å²) in [4.78, 5) is 0. The molecule has 0 saturated carbocycles. The number of hydrogen-bond acceptors (Lipinski definition) is 0. The molecule has 0 aliphatic rings. The molecule has 1 heteroatoms. The van der Waals surface area contributed by atoms with Crippen molar-refractivity contribution >= 4 is 21.5 Å². The SMILES string of the molecule is [2H]c1c(C)[n+](C)c(-c2cc(C)ccc2C)c2ccc3ccccc3c12. The Balaban J connectivity index is 2.26. The van der Waals surface area contributed by atoms with Gasteiger partial charge < -0.3 is 0 Å². The topological polar surface area (TPSA) is 3.88 Å². The molecule has 0 aliphatic heterocycles. The number of aromatic nitrogens is 1. The van der Waals surface area contributed by atoms with Crippen LogP contribution in [0, 0.1) is 20.8 Å². The summed E-state index contributed by atoms with van der Waals surface area (Å²) < 4.78 is 10.9. The molecule has 1 aromatic heterocycles. The summed E-state index contributed by atoms with van der Waals surface area (Å²) in [5.74, 6) is 0. The molecule has 24 heavy (non-hydrogen) atoms. The molecule has 0 saturated heterocycles. The van der Waals surface area contributed by atoms with Crippen molar-refractivity contribution in [2.45, 2.75) is 20.8 Å². The lowest BCUT2D eigenvalue weighted by atomic mass is 9.94. The minimum absolute atomic E-state index is 0.614. The van der Waals surface area contributed by atoms with E-state index in [0.29, 0.717) is 6.04 Å². The Morgan fingerprint density at radius 3 is 2.46 bits per heavy atom. The number of hydrogen-bond donors (Lipinski definition) is 0. The van der Waals surface area contributed by atoms with Gasteiger partial charge in [0.15, 0.2) is 5.69 Å². The fraction of sp³-hybridized carbons (Fsp3) is 0.174. The summed E-state index contributed by atoms with van der Waals surface area (Å²) in [5, 5.41) is 4.53. The van der Waals surface area contributed by atoms with Gasteiger partial charge in [0.05, 0.1) is 6.76 Å². The summed E-state index contributed by atoms with van der Waals surface area (Å²) >= 11 is 0. The molecular formula is C23H22N+. The van der Waals surface area contributed by atoms with E-state index < -0.39 is 0 Å². The van der Waals surface area contributed by atoms with Crippen LogP contribution < -0.4 is 4.57 Å². The minimum atomic E-state index is 0.614. The van der Waals surface area contributed by atoms with Gasteiger partial charge in [0.2, 0.25) is 5.69 Å². The van der Waals surface area contributed by atoms with E-state index in [9.17, 15) is 0 Å². The monoisotopic (exact) mass is 313 g/mol. The van der Waals surface area contributed by atoms with Gasteiger partial charge in [-0.05, 0) is 42.3 Å². The Kier molecular flexibility index (Phi) is 3.12. The van der Waals surface area contributed by atoms with Crippen molar-refractivity contribution < 1.29 is 5.94 Å². The second-order valence-electron chi connectivity index (χ2n) is 6.65. The molecule has 0 spiro atoms. The second kappa shape index (κ2) is 5.45. The first kappa shape index (κ1) is 13.7. The number of aryl methyl sites for hydroxylation is 2. The average Bonchev–Trinajstić information content (AvgIpc) is 2.62. The minimum Gasteiger partial charge on any atom is -0.198 e. The molecule has 0 bridgehead atoms. The lowest BCUT2D eigenvalue weighted by Gasteiger charge is -2.12. The molecule has 0 aliphatic carbocycles. The van der Waals surface area contributed by atoms with Crippen LogP contribution in [-0.4, -0.2) is 0 Å². The van der Waals surface area contributed by atoms with Gasteiger partial charge in [-0.15, -0.1) is 0 Å². The van der Waals surface area contributed by atoms with E-state index in [0.717, 1.165) is 21.9 Å². The maximum absolute atomic E-state index is 8.75. The highest BCUT2D eigenvalue weighted by Gasteiger charge is 2.20. The highest BCUT2D eigenvalue weighted by Crippen LogP contribution is 2.33. The normalized spacial score (nSPS) is 11.9. The Morgan fingerprint density at radius 2 is 1.62 bits per heavy atom. The van der Waals surface area contributed by atoms with Gasteiger partial charge >= 0.3 is 0 Å². The molecule has 0 atom stereocenters. The Morgan fingerprint density at radius 1 is 0.833 bits per heavy atom. The lowest BCUT2D eigenvalue weighted by Crippen LogP contribution is -2.35. The fourth-order valence-corrected chi connectivity index (χ4v) is 3.53. The predicted molar refractivity (Wildman–Crippen MR) is 102 cm³/mol. The standard InChI is InChI=1S/C23H22N/c1-15-9-10-16(2)21(13-15)23-20-12-11-18-7-5-6-8-19(18)22(20)14-17(3)24(23)4/h5-14H,1-4H3/q+1/i14D. The van der Waals surface area contributed by atoms with Gasteiger partial charge in [0.25, 0.3) is 0 Å². The van der Waals surface area contributed by atoms with E-state index in [1.165, 1.54) is 27.8 Å². The number of pyridine rings is 1. The highest BCUT2D eigenvalue weighted by atomic mass is 14.9. The number of fused-ring (bicyclic) bond motifs is 3. The van der Waals surface area contributed by atoms with E-state index in [-0.39, 0.29) is 0 Å². The molecule has 118 valence electrons. The third-order valence-electron chi connectivity index (χ3n) is 4.98. The van der Waals surface area contributed by atoms with Crippen LogP contribution in [0.2, 0.25) is 0 Å². The first-order valence-electron chi connectivity index (χ1n) is 8.87. The van der Waals surface area contributed by atoms with Gasteiger partial charge in [-0.1, -0.05) is 48.0 Å². The molecule has 0 fully saturated rings. The number of rotatable bonds is 1. The van der Waals surface area contributed by atoms with E-state index in [4.69, 9.17) is 1.37 Å². The summed E-state index contributed by atoms with van der Waals surface area (Å²) in [6.45, 7) is 6.33. The molecule has 0 unspecified atom stereocenters. The van der Waals surface area contributed by atoms with E-state index in [1.807, 2.05) is 6.92 Å². The third kappa shape index (κ3) is 2.20. The van der Waals surface area contributed by atoms with Gasteiger partial charge in [-0.3, -0.25) is 0 Å². The van der Waals surface area contributed by atoms with Crippen LogP contribution in [0.4, 0.5) is 0 Å². The van der Waals surface area contributed by atoms with Crippen LogP contribution in [-0.2, 0) is 7.05 Å². The van der Waals surface area contributed by atoms with Gasteiger partial charge in [0.1, 0.15) is 7.05 Å². The first-order chi connectivity index (χ1) is 12.0. The van der Waals surface area contributed by atoms with Gasteiger partial charge in [-0.2, -0.15) is 4.57 Å². The zero-order valence-electron chi connectivity index (χ0n) is 15.6.